The van der Waals surface area contributed by atoms with Gasteiger partial charge < -0.3 is 15.4 Å². The summed E-state index contributed by atoms with van der Waals surface area (Å²) in [5, 5.41) is 4.55. The Kier molecular flexibility index (Phi) is 8.46. The normalized spacial score (nSPS) is 12.0. The van der Waals surface area contributed by atoms with Crippen LogP contribution in [0.5, 0.6) is 5.75 Å². The molecule has 5 nitrogen and oxygen atoms in total. The molecule has 0 aromatic heterocycles. The summed E-state index contributed by atoms with van der Waals surface area (Å²) >= 11 is 7.15. The van der Waals surface area contributed by atoms with Crippen LogP contribution in [-0.2, 0) is 15.8 Å². The minimum absolute atomic E-state index is 0.00916. The van der Waals surface area contributed by atoms with Crippen LogP contribution in [0.2, 0.25) is 5.02 Å². The number of alkyl halides is 3. The molecule has 3 aromatic carbocycles. The number of para-hydroxylation sites is 1. The van der Waals surface area contributed by atoms with Crippen molar-refractivity contribution in [3.05, 3.63) is 83.4 Å². The number of amides is 2. The molecule has 178 valence electrons. The summed E-state index contributed by atoms with van der Waals surface area (Å²) < 4.78 is 44.2. The Hall–Kier alpha value is -3.17. The molecular weight excluding hydrogens is 489 g/mol. The highest BCUT2D eigenvalue weighted by Crippen LogP contribution is 2.34. The van der Waals surface area contributed by atoms with E-state index in [4.69, 9.17) is 16.3 Å². The van der Waals surface area contributed by atoms with E-state index in [-0.39, 0.29) is 23.2 Å². The SMILES string of the molecule is CC(Sc1ccc(NC(=O)COc2ccccc2)cc1)C(=O)Nc1cc(C(F)(F)F)ccc1Cl. The second-order valence-corrected chi connectivity index (χ2v) is 8.94. The van der Waals surface area contributed by atoms with Gasteiger partial charge in [-0.25, -0.2) is 0 Å². The summed E-state index contributed by atoms with van der Waals surface area (Å²) in [5.74, 6) is -0.236. The third-order valence-corrected chi connectivity index (χ3v) is 5.93. The highest BCUT2D eigenvalue weighted by atomic mass is 35.5. The third kappa shape index (κ3) is 7.43. The monoisotopic (exact) mass is 508 g/mol. The molecule has 0 saturated heterocycles. The summed E-state index contributed by atoms with van der Waals surface area (Å²) in [6, 6.07) is 18.5. The number of anilines is 2. The van der Waals surface area contributed by atoms with Crippen molar-refractivity contribution >= 4 is 46.6 Å². The zero-order chi connectivity index (χ0) is 24.7. The van der Waals surface area contributed by atoms with E-state index in [1.807, 2.05) is 6.07 Å². The topological polar surface area (TPSA) is 67.4 Å². The van der Waals surface area contributed by atoms with E-state index in [1.165, 1.54) is 11.8 Å². The van der Waals surface area contributed by atoms with Crippen molar-refractivity contribution in [3.8, 4) is 5.75 Å². The fourth-order valence-corrected chi connectivity index (χ4v) is 3.80. The second-order valence-electron chi connectivity index (χ2n) is 7.12. The second kappa shape index (κ2) is 11.3. The van der Waals surface area contributed by atoms with Gasteiger partial charge in [-0.15, -0.1) is 11.8 Å². The van der Waals surface area contributed by atoms with Gasteiger partial charge in [0.05, 0.1) is 21.5 Å². The van der Waals surface area contributed by atoms with E-state index >= 15 is 0 Å². The molecule has 0 heterocycles. The lowest BCUT2D eigenvalue weighted by atomic mass is 10.2. The summed E-state index contributed by atoms with van der Waals surface area (Å²) in [6.45, 7) is 1.48. The minimum atomic E-state index is -4.55. The number of thioether (sulfide) groups is 1. The summed E-state index contributed by atoms with van der Waals surface area (Å²) in [6.07, 6.45) is -4.55. The first kappa shape index (κ1) is 25.5. The van der Waals surface area contributed by atoms with Crippen molar-refractivity contribution < 1.29 is 27.5 Å². The molecule has 0 aliphatic rings. The van der Waals surface area contributed by atoms with Gasteiger partial charge >= 0.3 is 6.18 Å². The molecule has 1 unspecified atom stereocenters. The van der Waals surface area contributed by atoms with Gasteiger partial charge in [0.15, 0.2) is 6.61 Å². The Morgan fingerprint density at radius 2 is 1.68 bits per heavy atom. The van der Waals surface area contributed by atoms with Gasteiger partial charge in [0, 0.05) is 10.6 Å². The van der Waals surface area contributed by atoms with Gasteiger partial charge in [-0.05, 0) is 61.5 Å². The van der Waals surface area contributed by atoms with Gasteiger partial charge in [0.25, 0.3) is 5.91 Å². The Morgan fingerprint density at radius 3 is 2.32 bits per heavy atom. The smallest absolute Gasteiger partial charge is 0.416 e. The van der Waals surface area contributed by atoms with E-state index in [0.29, 0.717) is 11.4 Å². The number of nitrogens with one attached hydrogen (secondary N) is 2. The number of carbonyl (C=O) groups is 2. The van der Waals surface area contributed by atoms with E-state index in [1.54, 1.807) is 55.5 Å². The van der Waals surface area contributed by atoms with E-state index < -0.39 is 22.9 Å². The standard InChI is InChI=1S/C24H20ClF3N2O3S/c1-15(23(32)30-21-13-16(24(26,27)28)7-12-20(21)25)34-19-10-8-17(9-11-19)29-22(31)14-33-18-5-3-2-4-6-18/h2-13,15H,14H2,1H3,(H,29,31)(H,30,32). The molecule has 3 rings (SSSR count). The van der Waals surface area contributed by atoms with Crippen molar-refractivity contribution in [3.63, 3.8) is 0 Å². The molecule has 0 aliphatic carbocycles. The molecular formula is C24H20ClF3N2O3S. The molecule has 10 heteroatoms. The molecule has 0 saturated carbocycles. The van der Waals surface area contributed by atoms with E-state index in [0.717, 1.165) is 23.1 Å². The Morgan fingerprint density at radius 1 is 1.00 bits per heavy atom. The minimum Gasteiger partial charge on any atom is -0.484 e. The molecule has 0 radical (unpaired) electrons. The number of benzene rings is 3. The number of ether oxygens (including phenoxy) is 1. The third-order valence-electron chi connectivity index (χ3n) is 4.48. The molecule has 1 atom stereocenters. The predicted octanol–water partition coefficient (Wildman–Crippen LogP) is 6.50. The van der Waals surface area contributed by atoms with Gasteiger partial charge in [-0.2, -0.15) is 13.2 Å². The average Bonchev–Trinajstić information content (AvgIpc) is 2.80. The summed E-state index contributed by atoms with van der Waals surface area (Å²) in [5.41, 5.74) is -0.456. The van der Waals surface area contributed by atoms with Crippen molar-refractivity contribution in [2.45, 2.75) is 23.2 Å². The van der Waals surface area contributed by atoms with Crippen LogP contribution in [0.1, 0.15) is 12.5 Å². The fourth-order valence-electron chi connectivity index (χ4n) is 2.77. The van der Waals surface area contributed by atoms with Crippen molar-refractivity contribution in [1.29, 1.82) is 0 Å². The maximum Gasteiger partial charge on any atom is 0.416 e. The van der Waals surface area contributed by atoms with Crippen LogP contribution in [0.25, 0.3) is 0 Å². The molecule has 0 bridgehead atoms. The van der Waals surface area contributed by atoms with Crippen LogP contribution in [0.15, 0.2) is 77.7 Å². The summed E-state index contributed by atoms with van der Waals surface area (Å²) in [7, 11) is 0. The van der Waals surface area contributed by atoms with Crippen molar-refractivity contribution in [2.24, 2.45) is 0 Å². The molecule has 0 aliphatic heterocycles. The first-order chi connectivity index (χ1) is 16.1. The van der Waals surface area contributed by atoms with Crippen LogP contribution in [0, 0.1) is 0 Å². The Labute approximate surface area is 203 Å². The molecule has 3 aromatic rings. The Bertz CT molecular complexity index is 1140. The van der Waals surface area contributed by atoms with Crippen LogP contribution in [0.4, 0.5) is 24.5 Å². The first-order valence-electron chi connectivity index (χ1n) is 10.0. The van der Waals surface area contributed by atoms with Crippen LogP contribution < -0.4 is 15.4 Å². The van der Waals surface area contributed by atoms with E-state index in [2.05, 4.69) is 10.6 Å². The van der Waals surface area contributed by atoms with Crippen LogP contribution >= 0.6 is 23.4 Å². The highest BCUT2D eigenvalue weighted by molar-refractivity contribution is 8.00. The van der Waals surface area contributed by atoms with Gasteiger partial charge in [-0.3, -0.25) is 9.59 Å². The molecule has 34 heavy (non-hydrogen) atoms. The number of halogens is 4. The molecule has 2 N–H and O–H groups in total. The zero-order valence-electron chi connectivity index (χ0n) is 17.9. The highest BCUT2D eigenvalue weighted by Gasteiger charge is 2.31. The van der Waals surface area contributed by atoms with Crippen molar-refractivity contribution in [1.82, 2.24) is 0 Å². The zero-order valence-corrected chi connectivity index (χ0v) is 19.4. The lowest BCUT2D eigenvalue weighted by Gasteiger charge is -2.15. The van der Waals surface area contributed by atoms with Gasteiger partial charge in [0.2, 0.25) is 5.91 Å². The number of hydrogen-bond acceptors (Lipinski definition) is 4. The Balaban J connectivity index is 1.52. The lowest BCUT2D eigenvalue weighted by Crippen LogP contribution is -2.23. The molecule has 0 fully saturated rings. The number of carbonyl (C=O) groups excluding carboxylic acids is 2. The summed E-state index contributed by atoms with van der Waals surface area (Å²) in [4.78, 5) is 25.3. The van der Waals surface area contributed by atoms with E-state index in [9.17, 15) is 22.8 Å². The maximum absolute atomic E-state index is 12.9. The first-order valence-corrected chi connectivity index (χ1v) is 11.3. The quantitative estimate of drug-likeness (QED) is 0.341. The van der Waals surface area contributed by atoms with Crippen LogP contribution in [0.3, 0.4) is 0 Å². The molecule has 2 amide bonds. The maximum atomic E-state index is 12.9. The largest absolute Gasteiger partial charge is 0.484 e. The number of hydrogen-bond donors (Lipinski definition) is 2. The average molecular weight is 509 g/mol. The lowest BCUT2D eigenvalue weighted by molar-refractivity contribution is -0.137. The van der Waals surface area contributed by atoms with Gasteiger partial charge in [0.1, 0.15) is 5.75 Å². The molecule has 0 spiro atoms. The fraction of sp³-hybridized carbons (Fsp3) is 0.167. The van der Waals surface area contributed by atoms with Gasteiger partial charge in [-0.1, -0.05) is 29.8 Å². The predicted molar refractivity (Wildman–Crippen MR) is 127 cm³/mol. The van der Waals surface area contributed by atoms with Crippen molar-refractivity contribution in [2.75, 3.05) is 17.2 Å². The van der Waals surface area contributed by atoms with Crippen LogP contribution in [-0.4, -0.2) is 23.7 Å². The number of rotatable bonds is 8.